The summed E-state index contributed by atoms with van der Waals surface area (Å²) in [5, 5.41) is 8.20. The summed E-state index contributed by atoms with van der Waals surface area (Å²) in [6.07, 6.45) is 5.93. The molecule has 1 aromatic carbocycles. The second-order valence-corrected chi connectivity index (χ2v) is 7.00. The Kier molecular flexibility index (Phi) is 7.39. The molecule has 27 heavy (non-hydrogen) atoms. The number of aryl methyl sites for hydroxylation is 3. The van der Waals surface area contributed by atoms with Gasteiger partial charge in [-0.3, -0.25) is 4.79 Å². The van der Waals surface area contributed by atoms with Crippen LogP contribution in [0.4, 0.5) is 0 Å². The van der Waals surface area contributed by atoms with Crippen molar-refractivity contribution in [1.29, 1.82) is 0 Å². The molecule has 1 saturated heterocycles. The largest absolute Gasteiger partial charge is 0.425 e. The Labute approximate surface area is 160 Å². The highest BCUT2D eigenvalue weighted by Crippen LogP contribution is 2.14. The minimum absolute atomic E-state index is 0.122. The number of nitrogens with zero attached hydrogens (tertiary/aromatic N) is 3. The topological polar surface area (TPSA) is 68.5 Å². The maximum Gasteiger partial charge on any atom is 0.223 e. The van der Waals surface area contributed by atoms with Crippen LogP contribution in [0.1, 0.15) is 50.0 Å². The smallest absolute Gasteiger partial charge is 0.223 e. The molecular formula is C21H29N3O3. The molecule has 3 rings (SSSR count). The lowest BCUT2D eigenvalue weighted by Crippen LogP contribution is -2.37. The minimum Gasteiger partial charge on any atom is -0.425 e. The third-order valence-corrected chi connectivity index (χ3v) is 4.94. The number of carbonyl (C=O) groups excluding carboxylic acids is 1. The Balaban J connectivity index is 1.39. The lowest BCUT2D eigenvalue weighted by Gasteiger charge is -2.23. The van der Waals surface area contributed by atoms with Gasteiger partial charge >= 0.3 is 0 Å². The van der Waals surface area contributed by atoms with E-state index >= 15 is 0 Å². The highest BCUT2D eigenvalue weighted by molar-refractivity contribution is 5.76. The number of rotatable bonds is 10. The number of likely N-dealkylation sites (N-methyl/N-ethyl adjacent to an activating group) is 1. The zero-order chi connectivity index (χ0) is 18.9. The maximum atomic E-state index is 12.5. The van der Waals surface area contributed by atoms with E-state index < -0.39 is 0 Å². The number of carbonyl (C=O) groups is 1. The van der Waals surface area contributed by atoms with E-state index in [9.17, 15) is 4.79 Å². The van der Waals surface area contributed by atoms with Gasteiger partial charge in [-0.15, -0.1) is 10.2 Å². The van der Waals surface area contributed by atoms with Crippen LogP contribution in [0.3, 0.4) is 0 Å². The van der Waals surface area contributed by atoms with E-state index in [2.05, 4.69) is 34.5 Å². The van der Waals surface area contributed by atoms with Gasteiger partial charge in [0, 0.05) is 39.0 Å². The van der Waals surface area contributed by atoms with Gasteiger partial charge in [-0.2, -0.15) is 0 Å². The van der Waals surface area contributed by atoms with Gasteiger partial charge in [0.1, 0.15) is 0 Å². The summed E-state index contributed by atoms with van der Waals surface area (Å²) in [6, 6.07) is 10.4. The molecular weight excluding hydrogens is 342 g/mol. The number of benzene rings is 1. The van der Waals surface area contributed by atoms with E-state index in [0.717, 1.165) is 38.7 Å². The highest BCUT2D eigenvalue weighted by atomic mass is 16.5. The molecule has 2 aromatic rings. The molecule has 1 aliphatic heterocycles. The molecule has 1 amide bonds. The number of aromatic nitrogens is 2. The zero-order valence-corrected chi connectivity index (χ0v) is 16.1. The van der Waals surface area contributed by atoms with Crippen molar-refractivity contribution in [3.8, 4) is 0 Å². The molecule has 6 nitrogen and oxygen atoms in total. The first kappa shape index (κ1) is 19.5. The molecule has 0 radical (unpaired) electrons. The van der Waals surface area contributed by atoms with E-state index in [1.165, 1.54) is 5.56 Å². The van der Waals surface area contributed by atoms with Crippen LogP contribution in [0.5, 0.6) is 0 Å². The molecule has 0 N–H and O–H groups in total. The van der Waals surface area contributed by atoms with Crippen LogP contribution in [0.25, 0.3) is 0 Å². The molecule has 146 valence electrons. The Bertz CT molecular complexity index is 696. The van der Waals surface area contributed by atoms with Crippen molar-refractivity contribution in [3.63, 3.8) is 0 Å². The number of ether oxygens (including phenoxy) is 1. The summed E-state index contributed by atoms with van der Waals surface area (Å²) < 4.78 is 11.3. The number of hydrogen-bond donors (Lipinski definition) is 0. The molecule has 0 bridgehead atoms. The molecule has 1 unspecified atom stereocenters. The van der Waals surface area contributed by atoms with Crippen LogP contribution < -0.4 is 0 Å². The van der Waals surface area contributed by atoms with E-state index in [4.69, 9.17) is 9.15 Å². The van der Waals surface area contributed by atoms with Gasteiger partial charge in [0.2, 0.25) is 17.7 Å². The van der Waals surface area contributed by atoms with Crippen molar-refractivity contribution < 1.29 is 13.9 Å². The molecule has 0 spiro atoms. The predicted octanol–water partition coefficient (Wildman–Crippen LogP) is 3.21. The Morgan fingerprint density at radius 1 is 1.15 bits per heavy atom. The Morgan fingerprint density at radius 3 is 2.63 bits per heavy atom. The van der Waals surface area contributed by atoms with Crippen molar-refractivity contribution in [2.24, 2.45) is 0 Å². The second kappa shape index (κ2) is 10.2. The Hall–Kier alpha value is -2.21. The molecule has 1 aliphatic rings. The third kappa shape index (κ3) is 6.17. The fourth-order valence-corrected chi connectivity index (χ4v) is 3.39. The number of hydrogen-bond acceptors (Lipinski definition) is 5. The van der Waals surface area contributed by atoms with Gasteiger partial charge in [-0.05, 0) is 38.2 Å². The second-order valence-electron chi connectivity index (χ2n) is 7.00. The van der Waals surface area contributed by atoms with Crippen LogP contribution in [-0.4, -0.2) is 46.8 Å². The third-order valence-electron chi connectivity index (χ3n) is 4.94. The van der Waals surface area contributed by atoms with Gasteiger partial charge < -0.3 is 14.1 Å². The lowest BCUT2D eigenvalue weighted by molar-refractivity contribution is -0.132. The normalized spacial score (nSPS) is 16.6. The van der Waals surface area contributed by atoms with Gasteiger partial charge in [-0.1, -0.05) is 30.3 Å². The summed E-state index contributed by atoms with van der Waals surface area (Å²) in [6.45, 7) is 4.20. The first-order chi connectivity index (χ1) is 13.2. The summed E-state index contributed by atoms with van der Waals surface area (Å²) in [5.74, 6) is 1.32. The van der Waals surface area contributed by atoms with E-state index in [-0.39, 0.29) is 12.0 Å². The summed E-state index contributed by atoms with van der Waals surface area (Å²) in [4.78, 5) is 14.3. The van der Waals surface area contributed by atoms with Gasteiger partial charge in [0.25, 0.3) is 0 Å². The quantitative estimate of drug-likeness (QED) is 0.641. The molecule has 0 saturated carbocycles. The molecule has 6 heteroatoms. The first-order valence-electron chi connectivity index (χ1n) is 9.99. The number of amides is 1. The van der Waals surface area contributed by atoms with Crippen molar-refractivity contribution in [3.05, 3.63) is 47.7 Å². The fraction of sp³-hybridized carbons (Fsp3) is 0.571. The standard InChI is InChI=1S/C21H29N3O3/c1-2-24(16-18-11-7-15-26-18)21(25)14-13-20-23-22-19(27-20)12-6-10-17-8-4-3-5-9-17/h3-5,8-9,18H,2,6-7,10-16H2,1H3. The SMILES string of the molecule is CCN(CC1CCCO1)C(=O)CCc1nnc(CCCc2ccccc2)o1. The van der Waals surface area contributed by atoms with Crippen molar-refractivity contribution in [1.82, 2.24) is 15.1 Å². The van der Waals surface area contributed by atoms with Crippen LogP contribution in [0.15, 0.2) is 34.7 Å². The molecule has 1 aromatic heterocycles. The predicted molar refractivity (Wildman–Crippen MR) is 102 cm³/mol. The average Bonchev–Trinajstić information content (AvgIpc) is 3.37. The van der Waals surface area contributed by atoms with Crippen molar-refractivity contribution in [2.45, 2.75) is 58.0 Å². The van der Waals surface area contributed by atoms with Crippen LogP contribution in [0, 0.1) is 0 Å². The van der Waals surface area contributed by atoms with Crippen LogP contribution in [-0.2, 0) is 28.8 Å². The van der Waals surface area contributed by atoms with Crippen LogP contribution in [0.2, 0.25) is 0 Å². The zero-order valence-electron chi connectivity index (χ0n) is 16.1. The van der Waals surface area contributed by atoms with Gasteiger partial charge in [0.05, 0.1) is 6.10 Å². The maximum absolute atomic E-state index is 12.5. The van der Waals surface area contributed by atoms with Crippen LogP contribution >= 0.6 is 0 Å². The summed E-state index contributed by atoms with van der Waals surface area (Å²) >= 11 is 0. The molecule has 1 atom stereocenters. The first-order valence-corrected chi connectivity index (χ1v) is 9.99. The fourth-order valence-electron chi connectivity index (χ4n) is 3.39. The lowest BCUT2D eigenvalue weighted by atomic mass is 10.1. The monoisotopic (exact) mass is 371 g/mol. The summed E-state index contributed by atoms with van der Waals surface area (Å²) in [7, 11) is 0. The molecule has 2 heterocycles. The minimum atomic E-state index is 0.122. The average molecular weight is 371 g/mol. The van der Waals surface area contributed by atoms with Gasteiger partial charge in [0.15, 0.2) is 0 Å². The van der Waals surface area contributed by atoms with Gasteiger partial charge in [-0.25, -0.2) is 0 Å². The molecule has 0 aliphatic carbocycles. The molecule has 1 fully saturated rings. The van der Waals surface area contributed by atoms with Crippen molar-refractivity contribution in [2.75, 3.05) is 19.7 Å². The Morgan fingerprint density at radius 2 is 1.93 bits per heavy atom. The van der Waals surface area contributed by atoms with E-state index in [1.54, 1.807) is 0 Å². The summed E-state index contributed by atoms with van der Waals surface area (Å²) in [5.41, 5.74) is 1.31. The van der Waals surface area contributed by atoms with Crippen molar-refractivity contribution >= 4 is 5.91 Å². The van der Waals surface area contributed by atoms with E-state index in [0.29, 0.717) is 37.7 Å². The van der Waals surface area contributed by atoms with E-state index in [1.807, 2.05) is 17.9 Å². The highest BCUT2D eigenvalue weighted by Gasteiger charge is 2.21.